The second-order valence-corrected chi connectivity index (χ2v) is 4.15. The molecule has 0 atom stereocenters. The third kappa shape index (κ3) is 5.31. The van der Waals surface area contributed by atoms with Crippen molar-refractivity contribution in [2.45, 2.75) is 40.0 Å². The van der Waals surface area contributed by atoms with Gasteiger partial charge in [0, 0.05) is 24.0 Å². The molecule has 0 aliphatic heterocycles. The van der Waals surface area contributed by atoms with Crippen molar-refractivity contribution in [1.82, 2.24) is 0 Å². The smallest absolute Gasteiger partial charge is 0.0641 e. The number of hydrogen-bond acceptors (Lipinski definition) is 2. The highest BCUT2D eigenvalue weighted by Crippen LogP contribution is 2.24. The van der Waals surface area contributed by atoms with Gasteiger partial charge in [-0.25, -0.2) is 0 Å². The van der Waals surface area contributed by atoms with Crippen LogP contribution in [0.2, 0.25) is 0 Å². The average Bonchev–Trinajstić information content (AvgIpc) is 2.21. The Morgan fingerprint density at radius 1 is 1.27 bits per heavy atom. The Morgan fingerprint density at radius 3 is 2.40 bits per heavy atom. The molecule has 15 heavy (non-hydrogen) atoms. The van der Waals surface area contributed by atoms with Crippen LogP contribution in [0.1, 0.15) is 40.0 Å². The molecule has 0 N–H and O–H groups in total. The summed E-state index contributed by atoms with van der Waals surface area (Å²) in [7, 11) is 0. The molecule has 0 unspecified atom stereocenters. The fraction of sp³-hybridized carbons (Fsp3) is 0.538. The molecule has 0 saturated heterocycles. The monoisotopic (exact) mass is 206 g/mol. The number of rotatable bonds is 7. The Morgan fingerprint density at radius 2 is 1.93 bits per heavy atom. The highest BCUT2D eigenvalue weighted by atomic mass is 14.8. The molecule has 0 aliphatic rings. The van der Waals surface area contributed by atoms with Crippen molar-refractivity contribution in [3.8, 4) is 0 Å². The molecule has 84 valence electrons. The molecule has 0 aliphatic carbocycles. The molecular weight excluding hydrogens is 184 g/mol. The second-order valence-electron chi connectivity index (χ2n) is 4.15. The summed E-state index contributed by atoms with van der Waals surface area (Å²) < 4.78 is 0. The minimum absolute atomic E-state index is 0.0523. The van der Waals surface area contributed by atoms with Crippen molar-refractivity contribution in [2.24, 2.45) is 15.4 Å². The zero-order chi connectivity index (χ0) is 11.7. The van der Waals surface area contributed by atoms with E-state index in [4.69, 9.17) is 0 Å². The zero-order valence-electron chi connectivity index (χ0n) is 10.2. The molecular formula is C13H22N2. The van der Waals surface area contributed by atoms with Gasteiger partial charge in [-0.3, -0.25) is 9.98 Å². The average molecular weight is 206 g/mol. The fourth-order valence-corrected chi connectivity index (χ4v) is 1.35. The molecule has 0 radical (unpaired) electrons. The first-order valence-corrected chi connectivity index (χ1v) is 5.41. The Kier molecular flexibility index (Phi) is 6.59. The summed E-state index contributed by atoms with van der Waals surface area (Å²) in [5.74, 6) is 0. The summed E-state index contributed by atoms with van der Waals surface area (Å²) >= 11 is 0. The van der Waals surface area contributed by atoms with E-state index in [-0.39, 0.29) is 5.41 Å². The lowest BCUT2D eigenvalue weighted by Crippen LogP contribution is -2.25. The number of aliphatic imine (C=N–C) groups is 2. The van der Waals surface area contributed by atoms with Gasteiger partial charge in [-0.1, -0.05) is 46.8 Å². The van der Waals surface area contributed by atoms with Crippen LogP contribution in [0.25, 0.3) is 0 Å². The van der Waals surface area contributed by atoms with Crippen LogP contribution in [0.5, 0.6) is 0 Å². The molecule has 0 rings (SSSR count). The first-order chi connectivity index (χ1) is 7.08. The number of hydrogen-bond donors (Lipinski definition) is 0. The molecule has 0 spiro atoms. The highest BCUT2D eigenvalue weighted by molar-refractivity contribution is 6.33. The Balaban J connectivity index is 4.73. The Hall–Kier alpha value is -1.18. The summed E-state index contributed by atoms with van der Waals surface area (Å²) in [6.07, 6.45) is 8.37. The highest BCUT2D eigenvalue weighted by Gasteiger charge is 2.22. The first-order valence-electron chi connectivity index (χ1n) is 5.41. The largest absolute Gasteiger partial charge is 0.263 e. The van der Waals surface area contributed by atoms with E-state index in [1.54, 1.807) is 12.4 Å². The molecule has 0 aromatic rings. The molecule has 0 fully saturated rings. The van der Waals surface area contributed by atoms with Crippen LogP contribution < -0.4 is 0 Å². The van der Waals surface area contributed by atoms with Crippen LogP contribution in [-0.2, 0) is 0 Å². The molecule has 2 heteroatoms. The summed E-state index contributed by atoms with van der Waals surface area (Å²) in [4.78, 5) is 8.30. The minimum Gasteiger partial charge on any atom is -0.263 e. The van der Waals surface area contributed by atoms with Crippen molar-refractivity contribution in [3.05, 3.63) is 25.6 Å². The summed E-state index contributed by atoms with van der Waals surface area (Å²) in [6.45, 7) is 13.7. The van der Waals surface area contributed by atoms with Gasteiger partial charge in [0.25, 0.3) is 0 Å². The normalized spacial score (nSPS) is 13.1. The maximum Gasteiger partial charge on any atom is 0.0641 e. The van der Waals surface area contributed by atoms with Crippen molar-refractivity contribution < 1.29 is 0 Å². The van der Waals surface area contributed by atoms with Gasteiger partial charge in [0.15, 0.2) is 0 Å². The van der Waals surface area contributed by atoms with Gasteiger partial charge < -0.3 is 0 Å². The maximum absolute atomic E-state index is 4.27. The second kappa shape index (κ2) is 7.16. The van der Waals surface area contributed by atoms with Gasteiger partial charge in [-0.05, 0) is 6.42 Å². The van der Waals surface area contributed by atoms with Crippen molar-refractivity contribution in [2.75, 3.05) is 0 Å². The molecule has 0 heterocycles. The Labute approximate surface area is 93.5 Å². The van der Waals surface area contributed by atoms with Crippen LogP contribution in [0.15, 0.2) is 35.5 Å². The topological polar surface area (TPSA) is 24.7 Å². The van der Waals surface area contributed by atoms with E-state index in [1.807, 2.05) is 0 Å². The van der Waals surface area contributed by atoms with E-state index >= 15 is 0 Å². The molecule has 2 nitrogen and oxygen atoms in total. The van der Waals surface area contributed by atoms with Crippen LogP contribution >= 0.6 is 0 Å². The van der Waals surface area contributed by atoms with Crippen molar-refractivity contribution in [3.63, 3.8) is 0 Å². The van der Waals surface area contributed by atoms with Crippen LogP contribution in [-0.4, -0.2) is 11.9 Å². The zero-order valence-corrected chi connectivity index (χ0v) is 10.2. The maximum atomic E-state index is 4.27. The fourth-order valence-electron chi connectivity index (χ4n) is 1.35. The molecule has 0 aromatic heterocycles. The van der Waals surface area contributed by atoms with E-state index in [9.17, 15) is 0 Å². The van der Waals surface area contributed by atoms with Crippen LogP contribution in [0, 0.1) is 5.41 Å². The van der Waals surface area contributed by atoms with Crippen molar-refractivity contribution in [1.29, 1.82) is 0 Å². The first kappa shape index (κ1) is 13.8. The SMILES string of the molecule is C=C/N=C\C(=N/C=C)C(C)(C)CCCC. The molecule has 0 aromatic carbocycles. The standard InChI is InChI=1S/C13H22N2/c1-6-9-10-13(4,5)12(15-8-3)11-14-7-2/h7-8,11H,2-3,6,9-10H2,1,4-5H3/b14-11-,15-12+. The van der Waals surface area contributed by atoms with E-state index in [1.165, 1.54) is 19.0 Å². The van der Waals surface area contributed by atoms with E-state index < -0.39 is 0 Å². The molecule has 0 saturated carbocycles. The lowest BCUT2D eigenvalue weighted by Gasteiger charge is -2.23. The quantitative estimate of drug-likeness (QED) is 0.562. The molecule has 0 bridgehead atoms. The molecule has 0 amide bonds. The van der Waals surface area contributed by atoms with Crippen LogP contribution in [0.3, 0.4) is 0 Å². The predicted octanol–water partition coefficient (Wildman–Crippen LogP) is 4.00. The predicted molar refractivity (Wildman–Crippen MR) is 69.6 cm³/mol. The van der Waals surface area contributed by atoms with Crippen molar-refractivity contribution >= 4 is 11.9 Å². The van der Waals surface area contributed by atoms with Gasteiger partial charge in [-0.15, -0.1) is 0 Å². The lowest BCUT2D eigenvalue weighted by molar-refractivity contribution is 0.458. The van der Waals surface area contributed by atoms with E-state index in [0.717, 1.165) is 12.1 Å². The van der Waals surface area contributed by atoms with Gasteiger partial charge in [0.2, 0.25) is 0 Å². The van der Waals surface area contributed by atoms with Gasteiger partial charge in [0.1, 0.15) is 0 Å². The lowest BCUT2D eigenvalue weighted by atomic mass is 9.82. The van der Waals surface area contributed by atoms with E-state index in [2.05, 4.69) is 43.9 Å². The van der Waals surface area contributed by atoms with E-state index in [0.29, 0.717) is 0 Å². The summed E-state index contributed by atoms with van der Waals surface area (Å²) in [5, 5.41) is 0. The van der Waals surface area contributed by atoms with Gasteiger partial charge in [0.05, 0.1) is 5.71 Å². The summed E-state index contributed by atoms with van der Waals surface area (Å²) in [5.41, 5.74) is 1.02. The Bertz CT molecular complexity index is 260. The third-order valence-corrected chi connectivity index (χ3v) is 2.38. The number of nitrogens with zero attached hydrogens (tertiary/aromatic N) is 2. The number of unbranched alkanes of at least 4 members (excludes halogenated alkanes) is 1. The van der Waals surface area contributed by atoms with Crippen LogP contribution in [0.4, 0.5) is 0 Å². The van der Waals surface area contributed by atoms with Gasteiger partial charge >= 0.3 is 0 Å². The van der Waals surface area contributed by atoms with Gasteiger partial charge in [-0.2, -0.15) is 0 Å². The summed E-state index contributed by atoms with van der Waals surface area (Å²) in [6, 6.07) is 0. The third-order valence-electron chi connectivity index (χ3n) is 2.38. The minimum atomic E-state index is 0.0523.